The fraction of sp³-hybridized carbons (Fsp3) is 0.333. The summed E-state index contributed by atoms with van der Waals surface area (Å²) in [5.41, 5.74) is 0.479. The van der Waals surface area contributed by atoms with E-state index in [-0.39, 0.29) is 23.6 Å². The summed E-state index contributed by atoms with van der Waals surface area (Å²) in [5.74, 6) is -2.89. The molecule has 1 fully saturated rings. The Kier molecular flexibility index (Phi) is 3.04. The van der Waals surface area contributed by atoms with Crippen molar-refractivity contribution in [1.29, 1.82) is 0 Å². The lowest BCUT2D eigenvalue weighted by Gasteiger charge is -2.23. The van der Waals surface area contributed by atoms with Crippen LogP contribution in [-0.4, -0.2) is 17.0 Å². The summed E-state index contributed by atoms with van der Waals surface area (Å²) >= 11 is 0. The first-order valence-corrected chi connectivity index (χ1v) is 6.54. The molecule has 2 aliphatic rings. The molecule has 1 aromatic rings. The quantitative estimate of drug-likeness (QED) is 0.832. The van der Waals surface area contributed by atoms with Crippen molar-refractivity contribution in [2.75, 3.05) is 5.32 Å². The van der Waals surface area contributed by atoms with Gasteiger partial charge < -0.3 is 10.4 Å². The number of carbonyl (C=O) groups is 2. The molecule has 0 aromatic heterocycles. The minimum atomic E-state index is -0.930. The van der Waals surface area contributed by atoms with Crippen LogP contribution in [0.15, 0.2) is 36.4 Å². The number of allylic oxidation sites excluding steroid dienone is 2. The minimum absolute atomic E-state index is 0.0125. The SMILES string of the molecule is O=C(Nc1ccc(F)cc1)[C@@H]1[C@H](C(=O)O)[C@H]2C=C[C@H]1C2. The second kappa shape index (κ2) is 4.74. The first kappa shape index (κ1) is 12.8. The third kappa shape index (κ3) is 2.09. The van der Waals surface area contributed by atoms with Crippen molar-refractivity contribution >= 4 is 17.6 Å². The number of hydrogen-bond donors (Lipinski definition) is 2. The van der Waals surface area contributed by atoms with Gasteiger partial charge in [-0.1, -0.05) is 12.2 Å². The maximum Gasteiger partial charge on any atom is 0.307 e. The lowest BCUT2D eigenvalue weighted by atomic mass is 9.82. The highest BCUT2D eigenvalue weighted by Gasteiger charge is 2.51. The summed E-state index contributed by atoms with van der Waals surface area (Å²) in [6.45, 7) is 0. The van der Waals surface area contributed by atoms with E-state index in [9.17, 15) is 19.1 Å². The molecule has 2 bridgehead atoms. The number of carboxylic acid groups (broad SMARTS) is 1. The molecule has 0 unspecified atom stereocenters. The molecule has 2 aliphatic carbocycles. The van der Waals surface area contributed by atoms with Gasteiger partial charge in [-0.25, -0.2) is 4.39 Å². The first-order valence-electron chi connectivity index (χ1n) is 6.54. The van der Waals surface area contributed by atoms with Gasteiger partial charge in [0.25, 0.3) is 0 Å². The predicted octanol–water partition coefficient (Wildman–Crippen LogP) is 2.29. The molecule has 0 aliphatic heterocycles. The van der Waals surface area contributed by atoms with E-state index in [4.69, 9.17) is 0 Å². The summed E-state index contributed by atoms with van der Waals surface area (Å²) in [6.07, 6.45) is 4.54. The van der Waals surface area contributed by atoms with E-state index in [0.717, 1.165) is 6.42 Å². The minimum Gasteiger partial charge on any atom is -0.481 e. The van der Waals surface area contributed by atoms with E-state index in [1.54, 1.807) is 0 Å². The van der Waals surface area contributed by atoms with Gasteiger partial charge in [0.2, 0.25) is 5.91 Å². The van der Waals surface area contributed by atoms with Crippen molar-refractivity contribution in [3.63, 3.8) is 0 Å². The van der Waals surface area contributed by atoms with Gasteiger partial charge >= 0.3 is 5.97 Å². The standard InChI is InChI=1S/C15H14FNO3/c16-10-3-5-11(6-4-10)17-14(18)12-8-1-2-9(7-8)13(12)15(19)20/h1-6,8-9,12-13H,7H2,(H,17,18)(H,19,20)/t8-,9-,12-,13+/m0/s1. The third-order valence-corrected chi connectivity index (χ3v) is 4.16. The highest BCUT2D eigenvalue weighted by atomic mass is 19.1. The number of anilines is 1. The zero-order valence-electron chi connectivity index (χ0n) is 10.6. The zero-order valence-corrected chi connectivity index (χ0v) is 10.6. The van der Waals surface area contributed by atoms with Crippen LogP contribution in [0, 0.1) is 29.5 Å². The Hall–Kier alpha value is -2.17. The van der Waals surface area contributed by atoms with Crippen LogP contribution >= 0.6 is 0 Å². The van der Waals surface area contributed by atoms with Crippen molar-refractivity contribution in [3.8, 4) is 0 Å². The van der Waals surface area contributed by atoms with E-state index >= 15 is 0 Å². The van der Waals surface area contributed by atoms with Gasteiger partial charge in [-0.15, -0.1) is 0 Å². The Morgan fingerprint density at radius 3 is 2.30 bits per heavy atom. The summed E-state index contributed by atoms with van der Waals surface area (Å²) in [4.78, 5) is 23.6. The molecule has 5 heteroatoms. The average molecular weight is 275 g/mol. The maximum absolute atomic E-state index is 12.8. The number of amides is 1. The molecule has 20 heavy (non-hydrogen) atoms. The van der Waals surface area contributed by atoms with E-state index < -0.39 is 17.8 Å². The Balaban J connectivity index is 1.78. The van der Waals surface area contributed by atoms with Crippen LogP contribution in [0.2, 0.25) is 0 Å². The van der Waals surface area contributed by atoms with Gasteiger partial charge in [0.15, 0.2) is 0 Å². The number of fused-ring (bicyclic) bond motifs is 2. The number of carboxylic acids is 1. The van der Waals surface area contributed by atoms with E-state index in [0.29, 0.717) is 5.69 Å². The van der Waals surface area contributed by atoms with Crippen LogP contribution in [0.5, 0.6) is 0 Å². The fourth-order valence-corrected chi connectivity index (χ4v) is 3.28. The number of benzene rings is 1. The third-order valence-electron chi connectivity index (χ3n) is 4.16. The molecule has 0 heterocycles. The molecule has 0 saturated heterocycles. The van der Waals surface area contributed by atoms with Crippen molar-refractivity contribution in [2.24, 2.45) is 23.7 Å². The smallest absolute Gasteiger partial charge is 0.307 e. The van der Waals surface area contributed by atoms with Gasteiger partial charge in [0.1, 0.15) is 5.82 Å². The lowest BCUT2D eigenvalue weighted by Crippen LogP contribution is -2.36. The highest BCUT2D eigenvalue weighted by molar-refractivity contribution is 5.96. The van der Waals surface area contributed by atoms with Crippen LogP contribution in [0.4, 0.5) is 10.1 Å². The number of aliphatic carboxylic acids is 1. The van der Waals surface area contributed by atoms with Crippen LogP contribution in [0.3, 0.4) is 0 Å². The van der Waals surface area contributed by atoms with E-state index in [1.165, 1.54) is 24.3 Å². The van der Waals surface area contributed by atoms with Crippen LogP contribution < -0.4 is 5.32 Å². The fourth-order valence-electron chi connectivity index (χ4n) is 3.28. The molecular weight excluding hydrogens is 261 g/mol. The molecule has 104 valence electrons. The lowest BCUT2D eigenvalue weighted by molar-refractivity contribution is -0.146. The number of halogens is 1. The Morgan fingerprint density at radius 1 is 1.10 bits per heavy atom. The predicted molar refractivity (Wildman–Crippen MR) is 70.4 cm³/mol. The van der Waals surface area contributed by atoms with Crippen LogP contribution in [0.25, 0.3) is 0 Å². The topological polar surface area (TPSA) is 66.4 Å². The Labute approximate surface area is 115 Å². The van der Waals surface area contributed by atoms with Crippen LogP contribution in [0.1, 0.15) is 6.42 Å². The van der Waals surface area contributed by atoms with Gasteiger partial charge in [-0.2, -0.15) is 0 Å². The number of rotatable bonds is 3. The molecule has 4 atom stereocenters. The Morgan fingerprint density at radius 2 is 1.70 bits per heavy atom. The number of nitrogens with one attached hydrogen (secondary N) is 1. The zero-order chi connectivity index (χ0) is 14.3. The molecule has 1 aromatic carbocycles. The highest BCUT2D eigenvalue weighted by Crippen LogP contribution is 2.48. The normalized spacial score (nSPS) is 30.4. The van der Waals surface area contributed by atoms with Crippen molar-refractivity contribution < 1.29 is 19.1 Å². The van der Waals surface area contributed by atoms with Gasteiger partial charge in [0, 0.05) is 5.69 Å². The second-order valence-corrected chi connectivity index (χ2v) is 5.33. The Bertz CT molecular complexity index is 581. The van der Waals surface area contributed by atoms with Gasteiger partial charge in [-0.05, 0) is 42.5 Å². The van der Waals surface area contributed by atoms with Gasteiger partial charge in [0.05, 0.1) is 11.8 Å². The first-order chi connectivity index (χ1) is 9.56. The van der Waals surface area contributed by atoms with Crippen molar-refractivity contribution in [1.82, 2.24) is 0 Å². The summed E-state index contributed by atoms with van der Waals surface area (Å²) in [6, 6.07) is 5.44. The molecule has 0 spiro atoms. The molecule has 1 amide bonds. The van der Waals surface area contributed by atoms with Crippen molar-refractivity contribution in [2.45, 2.75) is 6.42 Å². The average Bonchev–Trinajstić information content (AvgIpc) is 3.01. The van der Waals surface area contributed by atoms with E-state index in [1.807, 2.05) is 12.2 Å². The molecule has 3 rings (SSSR count). The second-order valence-electron chi connectivity index (χ2n) is 5.33. The van der Waals surface area contributed by atoms with Crippen LogP contribution in [-0.2, 0) is 9.59 Å². The van der Waals surface area contributed by atoms with Crippen molar-refractivity contribution in [3.05, 3.63) is 42.2 Å². The summed E-state index contributed by atoms with van der Waals surface area (Å²) in [7, 11) is 0. The largest absolute Gasteiger partial charge is 0.481 e. The maximum atomic E-state index is 12.8. The van der Waals surface area contributed by atoms with E-state index in [2.05, 4.69) is 5.32 Å². The summed E-state index contributed by atoms with van der Waals surface area (Å²) in [5, 5.41) is 12.0. The molecular formula is C15H14FNO3. The molecule has 0 radical (unpaired) electrons. The molecule has 4 nitrogen and oxygen atoms in total. The summed E-state index contributed by atoms with van der Waals surface area (Å²) < 4.78 is 12.8. The number of hydrogen-bond acceptors (Lipinski definition) is 2. The molecule has 1 saturated carbocycles. The number of carbonyl (C=O) groups excluding carboxylic acids is 1. The molecule has 2 N–H and O–H groups in total. The monoisotopic (exact) mass is 275 g/mol. The van der Waals surface area contributed by atoms with Gasteiger partial charge in [-0.3, -0.25) is 9.59 Å².